The number of amides is 2. The number of pyridine rings is 1. The fourth-order valence-corrected chi connectivity index (χ4v) is 3.81. The number of piperazine rings is 1. The maximum absolute atomic E-state index is 12.9. The van der Waals surface area contributed by atoms with Crippen LogP contribution in [0.5, 0.6) is 0 Å². The second-order valence-corrected chi connectivity index (χ2v) is 7.26. The molecule has 7 nitrogen and oxygen atoms in total. The molecule has 29 heavy (non-hydrogen) atoms. The number of aromatic nitrogens is 2. The molecule has 0 radical (unpaired) electrons. The monoisotopic (exact) mass is 390 g/mol. The summed E-state index contributed by atoms with van der Waals surface area (Å²) in [7, 11) is 1.84. The van der Waals surface area contributed by atoms with Crippen molar-refractivity contribution in [1.29, 1.82) is 0 Å². The van der Waals surface area contributed by atoms with E-state index in [2.05, 4.69) is 4.98 Å². The van der Waals surface area contributed by atoms with Crippen LogP contribution >= 0.6 is 0 Å². The van der Waals surface area contributed by atoms with Crippen molar-refractivity contribution < 1.29 is 14.4 Å². The van der Waals surface area contributed by atoms with Crippen LogP contribution in [-0.4, -0.2) is 63.1 Å². The van der Waals surface area contributed by atoms with Crippen LogP contribution in [0.25, 0.3) is 11.0 Å². The van der Waals surface area contributed by atoms with Crippen LogP contribution in [0.3, 0.4) is 0 Å². The summed E-state index contributed by atoms with van der Waals surface area (Å²) in [6.07, 6.45) is 3.31. The molecule has 2 amide bonds. The molecular weight excluding hydrogens is 368 g/mol. The van der Waals surface area contributed by atoms with Crippen LogP contribution in [-0.2, 0) is 11.8 Å². The molecule has 1 aliphatic rings. The summed E-state index contributed by atoms with van der Waals surface area (Å²) in [6, 6.07) is 10.9. The fraction of sp³-hybridized carbons (Fsp3) is 0.273. The summed E-state index contributed by atoms with van der Waals surface area (Å²) >= 11 is 0. The molecule has 0 atom stereocenters. The summed E-state index contributed by atoms with van der Waals surface area (Å²) in [6.45, 7) is 3.42. The van der Waals surface area contributed by atoms with Crippen molar-refractivity contribution in [3.8, 4) is 0 Å². The second-order valence-electron chi connectivity index (χ2n) is 7.26. The third kappa shape index (κ3) is 3.40. The molecule has 0 unspecified atom stereocenters. The lowest BCUT2D eigenvalue weighted by atomic mass is 10.1. The predicted molar refractivity (Wildman–Crippen MR) is 109 cm³/mol. The Labute approximate surface area is 168 Å². The Morgan fingerprint density at radius 3 is 2.28 bits per heavy atom. The van der Waals surface area contributed by atoms with E-state index in [1.807, 2.05) is 42.8 Å². The highest BCUT2D eigenvalue weighted by Gasteiger charge is 2.30. The maximum Gasteiger partial charge on any atom is 0.295 e. The van der Waals surface area contributed by atoms with Crippen molar-refractivity contribution in [1.82, 2.24) is 19.4 Å². The molecule has 148 valence electrons. The highest BCUT2D eigenvalue weighted by molar-refractivity contribution is 6.44. The molecule has 1 aromatic carbocycles. The first-order valence-electron chi connectivity index (χ1n) is 9.56. The quantitative estimate of drug-likeness (QED) is 0.507. The number of hydrogen-bond donors (Lipinski definition) is 0. The molecule has 1 aliphatic heterocycles. The number of carbonyl (C=O) groups excluding carboxylic acids is 3. The van der Waals surface area contributed by atoms with Gasteiger partial charge >= 0.3 is 0 Å². The van der Waals surface area contributed by atoms with Gasteiger partial charge in [0.15, 0.2) is 0 Å². The smallest absolute Gasteiger partial charge is 0.295 e. The van der Waals surface area contributed by atoms with Crippen LogP contribution in [0.2, 0.25) is 0 Å². The first kappa shape index (κ1) is 18.9. The van der Waals surface area contributed by atoms with E-state index in [9.17, 15) is 14.4 Å². The third-order valence-corrected chi connectivity index (χ3v) is 5.37. The van der Waals surface area contributed by atoms with Crippen LogP contribution in [0, 0.1) is 6.92 Å². The third-order valence-electron chi connectivity index (χ3n) is 5.37. The van der Waals surface area contributed by atoms with E-state index in [-0.39, 0.29) is 5.91 Å². The molecule has 0 bridgehead atoms. The van der Waals surface area contributed by atoms with Gasteiger partial charge in [-0.1, -0.05) is 18.2 Å². The molecule has 0 spiro atoms. The van der Waals surface area contributed by atoms with E-state index in [1.54, 1.807) is 29.4 Å². The van der Waals surface area contributed by atoms with Gasteiger partial charge in [-0.15, -0.1) is 0 Å². The lowest BCUT2D eigenvalue weighted by molar-refractivity contribution is -0.127. The highest BCUT2D eigenvalue weighted by atomic mass is 16.2. The number of ketones is 1. The number of benzene rings is 1. The Hall–Kier alpha value is -3.48. The molecule has 7 heteroatoms. The van der Waals surface area contributed by atoms with Crippen molar-refractivity contribution in [3.05, 3.63) is 65.5 Å². The lowest BCUT2D eigenvalue weighted by Gasteiger charge is -2.34. The minimum absolute atomic E-state index is 0.0576. The molecule has 2 aromatic heterocycles. The number of Topliss-reactive ketones (excluding diaryl/α,β-unsaturated/α-hetero) is 1. The minimum atomic E-state index is -0.559. The van der Waals surface area contributed by atoms with Gasteiger partial charge in [0.1, 0.15) is 0 Å². The normalized spacial score (nSPS) is 14.3. The molecular formula is C22H22N4O3. The van der Waals surface area contributed by atoms with Crippen molar-refractivity contribution in [2.24, 2.45) is 7.05 Å². The Kier molecular flexibility index (Phi) is 4.88. The SMILES string of the molecule is Cc1ccnc2c(C(=O)C(=O)N3CCN(C(=O)c4ccccc4)CC3)cn(C)c12. The first-order valence-corrected chi connectivity index (χ1v) is 9.56. The summed E-state index contributed by atoms with van der Waals surface area (Å²) in [5.74, 6) is -1.16. The highest BCUT2D eigenvalue weighted by Crippen LogP contribution is 2.22. The van der Waals surface area contributed by atoms with E-state index >= 15 is 0 Å². The van der Waals surface area contributed by atoms with Crippen LogP contribution in [0.15, 0.2) is 48.8 Å². The number of fused-ring (bicyclic) bond motifs is 1. The van der Waals surface area contributed by atoms with Gasteiger partial charge in [0.05, 0.1) is 16.6 Å². The Morgan fingerprint density at radius 1 is 0.931 bits per heavy atom. The van der Waals surface area contributed by atoms with Crippen LogP contribution < -0.4 is 0 Å². The first-order chi connectivity index (χ1) is 14.0. The van der Waals surface area contributed by atoms with Crippen LogP contribution in [0.1, 0.15) is 26.3 Å². The number of aryl methyl sites for hydroxylation is 2. The molecule has 0 aliphatic carbocycles. The Bertz CT molecular complexity index is 1100. The average Bonchev–Trinajstić information content (AvgIpc) is 3.10. The van der Waals surface area contributed by atoms with Gasteiger partial charge in [0.25, 0.3) is 17.6 Å². The molecule has 3 heterocycles. The van der Waals surface area contributed by atoms with E-state index in [1.165, 1.54) is 4.90 Å². The number of rotatable bonds is 3. The summed E-state index contributed by atoms with van der Waals surface area (Å²) < 4.78 is 1.83. The van der Waals surface area contributed by atoms with Crippen LogP contribution in [0.4, 0.5) is 0 Å². The predicted octanol–water partition coefficient (Wildman–Crippen LogP) is 2.05. The van der Waals surface area contributed by atoms with Gasteiger partial charge in [-0.3, -0.25) is 19.4 Å². The lowest BCUT2D eigenvalue weighted by Crippen LogP contribution is -2.52. The summed E-state index contributed by atoms with van der Waals surface area (Å²) in [5.41, 5.74) is 3.34. The van der Waals surface area contributed by atoms with Gasteiger partial charge in [-0.05, 0) is 30.7 Å². The number of hydrogen-bond acceptors (Lipinski definition) is 4. The zero-order valence-corrected chi connectivity index (χ0v) is 16.5. The Morgan fingerprint density at radius 2 is 1.59 bits per heavy atom. The summed E-state index contributed by atoms with van der Waals surface area (Å²) in [4.78, 5) is 45.8. The van der Waals surface area contributed by atoms with Crippen molar-refractivity contribution in [3.63, 3.8) is 0 Å². The van der Waals surface area contributed by atoms with E-state index < -0.39 is 11.7 Å². The standard InChI is InChI=1S/C22H22N4O3/c1-15-8-9-23-18-17(14-24(2)19(15)18)20(27)22(29)26-12-10-25(11-13-26)21(28)16-6-4-3-5-7-16/h3-9,14H,10-13H2,1-2H3. The van der Waals surface area contributed by atoms with Crippen molar-refractivity contribution in [2.45, 2.75) is 6.92 Å². The van der Waals surface area contributed by atoms with E-state index in [0.29, 0.717) is 42.8 Å². The zero-order chi connectivity index (χ0) is 20.5. The molecule has 1 saturated heterocycles. The van der Waals surface area contributed by atoms with Crippen molar-refractivity contribution in [2.75, 3.05) is 26.2 Å². The van der Waals surface area contributed by atoms with Gasteiger partial charge in [0.2, 0.25) is 0 Å². The molecule has 0 saturated carbocycles. The summed E-state index contributed by atoms with van der Waals surface area (Å²) in [5, 5.41) is 0. The topological polar surface area (TPSA) is 75.5 Å². The average molecular weight is 390 g/mol. The van der Waals surface area contributed by atoms with E-state index in [0.717, 1.165) is 11.1 Å². The van der Waals surface area contributed by atoms with Gasteiger partial charge in [-0.25, -0.2) is 0 Å². The number of carbonyl (C=O) groups is 3. The maximum atomic E-state index is 12.9. The Balaban J connectivity index is 1.47. The minimum Gasteiger partial charge on any atom is -0.348 e. The molecule has 0 N–H and O–H groups in total. The van der Waals surface area contributed by atoms with Gasteiger partial charge in [-0.2, -0.15) is 0 Å². The second kappa shape index (κ2) is 7.50. The largest absolute Gasteiger partial charge is 0.348 e. The number of nitrogens with zero attached hydrogens (tertiary/aromatic N) is 4. The molecule has 3 aromatic rings. The van der Waals surface area contributed by atoms with Gasteiger partial charge < -0.3 is 14.4 Å². The fourth-order valence-electron chi connectivity index (χ4n) is 3.81. The van der Waals surface area contributed by atoms with E-state index in [4.69, 9.17) is 0 Å². The zero-order valence-electron chi connectivity index (χ0n) is 16.5. The van der Waals surface area contributed by atoms with Gasteiger partial charge in [0, 0.05) is 51.2 Å². The molecule has 4 rings (SSSR count). The molecule has 1 fully saturated rings. The van der Waals surface area contributed by atoms with Crippen molar-refractivity contribution >= 4 is 28.6 Å².